The number of carbonyl (C=O) groups is 1. The second-order valence-corrected chi connectivity index (χ2v) is 7.82. The topological polar surface area (TPSA) is 79.2 Å². The number of nitro groups is 1. The summed E-state index contributed by atoms with van der Waals surface area (Å²) in [5.41, 5.74) is 0.973. The van der Waals surface area contributed by atoms with Gasteiger partial charge in [0, 0.05) is 32.2 Å². The number of carbonyl (C=O) groups excluding carboxylic acids is 1. The molecule has 3 heterocycles. The van der Waals surface area contributed by atoms with Crippen LogP contribution in [0.2, 0.25) is 0 Å². The maximum atomic E-state index is 14.7. The summed E-state index contributed by atoms with van der Waals surface area (Å²) in [7, 11) is 0. The minimum absolute atomic E-state index is 0.119. The lowest BCUT2D eigenvalue weighted by Gasteiger charge is -2.36. The minimum atomic E-state index is -0.460. The fraction of sp³-hybridized carbons (Fsp3) is 0.389. The molecule has 0 saturated carbocycles. The number of ether oxygens (including phenoxy) is 1. The lowest BCUT2D eigenvalue weighted by atomic mass is 10.2. The Morgan fingerprint density at radius 1 is 1.18 bits per heavy atom. The van der Waals surface area contributed by atoms with E-state index in [2.05, 4.69) is 4.90 Å². The second-order valence-electron chi connectivity index (χ2n) is 6.78. The standard InChI is InChI=1S/C18H19FN4O4S/c1-12-11-22(18(24)27-12)13-2-3-15(14(19)10-13)20-6-8-21(9-7-20)16-4-5-17(28-16)23(25)26/h2-5,10,12H,6-9,11H2,1H3/t12-/m1/s1. The summed E-state index contributed by atoms with van der Waals surface area (Å²) in [5, 5.41) is 11.8. The molecule has 0 aliphatic carbocycles. The number of piperazine rings is 1. The van der Waals surface area contributed by atoms with Gasteiger partial charge in [0.25, 0.3) is 0 Å². The summed E-state index contributed by atoms with van der Waals surface area (Å²) in [6.07, 6.45) is -0.672. The predicted molar refractivity (Wildman–Crippen MR) is 105 cm³/mol. The zero-order valence-corrected chi connectivity index (χ0v) is 16.0. The Balaban J connectivity index is 1.43. The highest BCUT2D eigenvalue weighted by Gasteiger charge is 2.30. The van der Waals surface area contributed by atoms with Crippen LogP contribution in [0.3, 0.4) is 0 Å². The summed E-state index contributed by atoms with van der Waals surface area (Å²) in [4.78, 5) is 27.7. The fourth-order valence-electron chi connectivity index (χ4n) is 3.49. The van der Waals surface area contributed by atoms with Crippen molar-refractivity contribution in [1.29, 1.82) is 0 Å². The molecule has 0 unspecified atom stereocenters. The van der Waals surface area contributed by atoms with E-state index in [0.29, 0.717) is 44.1 Å². The van der Waals surface area contributed by atoms with Gasteiger partial charge in [-0.25, -0.2) is 9.18 Å². The van der Waals surface area contributed by atoms with Gasteiger partial charge >= 0.3 is 11.1 Å². The van der Waals surface area contributed by atoms with Crippen molar-refractivity contribution in [2.24, 2.45) is 0 Å². The maximum Gasteiger partial charge on any atom is 0.414 e. The van der Waals surface area contributed by atoms with Crippen molar-refractivity contribution < 1.29 is 18.8 Å². The number of cyclic esters (lactones) is 1. The number of rotatable bonds is 4. The fourth-order valence-corrected chi connectivity index (χ4v) is 4.36. The molecule has 0 N–H and O–H groups in total. The quantitative estimate of drug-likeness (QED) is 0.572. The summed E-state index contributed by atoms with van der Waals surface area (Å²) < 4.78 is 19.8. The number of amides is 1. The molecule has 0 bridgehead atoms. The van der Waals surface area contributed by atoms with Crippen molar-refractivity contribution in [1.82, 2.24) is 0 Å². The van der Waals surface area contributed by atoms with E-state index in [1.54, 1.807) is 25.1 Å². The van der Waals surface area contributed by atoms with Crippen LogP contribution in [0.25, 0.3) is 0 Å². The second kappa shape index (κ2) is 7.27. The van der Waals surface area contributed by atoms with Crippen LogP contribution in [-0.2, 0) is 4.74 Å². The van der Waals surface area contributed by atoms with Gasteiger partial charge in [-0.3, -0.25) is 15.0 Å². The average molecular weight is 406 g/mol. The molecular formula is C18H19FN4O4S. The van der Waals surface area contributed by atoms with Crippen molar-refractivity contribution in [3.8, 4) is 0 Å². The lowest BCUT2D eigenvalue weighted by molar-refractivity contribution is -0.380. The van der Waals surface area contributed by atoms with Gasteiger partial charge in [0.05, 0.1) is 27.8 Å². The highest BCUT2D eigenvalue weighted by atomic mass is 32.1. The molecule has 2 saturated heterocycles. The van der Waals surface area contributed by atoms with Gasteiger partial charge < -0.3 is 14.5 Å². The maximum absolute atomic E-state index is 14.7. The summed E-state index contributed by atoms with van der Waals surface area (Å²) in [6, 6.07) is 8.04. The van der Waals surface area contributed by atoms with Crippen molar-refractivity contribution in [2.45, 2.75) is 13.0 Å². The Morgan fingerprint density at radius 2 is 1.89 bits per heavy atom. The molecule has 1 amide bonds. The van der Waals surface area contributed by atoms with Gasteiger partial charge in [-0.05, 0) is 42.5 Å². The van der Waals surface area contributed by atoms with E-state index in [1.165, 1.54) is 17.0 Å². The molecule has 0 spiro atoms. The van der Waals surface area contributed by atoms with Crippen molar-refractivity contribution in [3.63, 3.8) is 0 Å². The number of hydrogen-bond donors (Lipinski definition) is 0. The molecule has 2 aromatic rings. The van der Waals surface area contributed by atoms with E-state index in [9.17, 15) is 19.3 Å². The lowest BCUT2D eigenvalue weighted by Crippen LogP contribution is -2.46. The van der Waals surface area contributed by atoms with Gasteiger partial charge in [-0.2, -0.15) is 0 Å². The molecule has 1 atom stereocenters. The van der Waals surface area contributed by atoms with Crippen molar-refractivity contribution in [3.05, 3.63) is 46.3 Å². The van der Waals surface area contributed by atoms with Gasteiger partial charge in [0.15, 0.2) is 0 Å². The molecule has 2 aliphatic heterocycles. The Hall–Kier alpha value is -2.88. The van der Waals surface area contributed by atoms with Gasteiger partial charge in [0.2, 0.25) is 0 Å². The zero-order chi connectivity index (χ0) is 19.8. The Labute approximate surface area is 164 Å². The van der Waals surface area contributed by atoms with Crippen LogP contribution in [0.4, 0.5) is 30.6 Å². The minimum Gasteiger partial charge on any atom is -0.444 e. The van der Waals surface area contributed by atoms with E-state index >= 15 is 0 Å². The van der Waals surface area contributed by atoms with E-state index in [4.69, 9.17) is 4.74 Å². The Kier molecular flexibility index (Phi) is 4.80. The molecule has 148 valence electrons. The molecule has 2 fully saturated rings. The third-order valence-corrected chi connectivity index (χ3v) is 5.99. The van der Waals surface area contributed by atoms with Crippen LogP contribution in [0.15, 0.2) is 30.3 Å². The third kappa shape index (κ3) is 3.47. The van der Waals surface area contributed by atoms with E-state index in [1.807, 2.05) is 4.90 Å². The number of anilines is 3. The third-order valence-electron chi connectivity index (χ3n) is 4.89. The smallest absolute Gasteiger partial charge is 0.414 e. The first-order valence-corrected chi connectivity index (χ1v) is 9.76. The number of hydrogen-bond acceptors (Lipinski definition) is 7. The summed E-state index contributed by atoms with van der Waals surface area (Å²) in [5.74, 6) is -0.384. The molecular weight excluding hydrogens is 387 g/mol. The van der Waals surface area contributed by atoms with Crippen molar-refractivity contribution in [2.75, 3.05) is 47.4 Å². The van der Waals surface area contributed by atoms with Gasteiger partial charge in [-0.1, -0.05) is 0 Å². The van der Waals surface area contributed by atoms with Gasteiger partial charge in [0.1, 0.15) is 11.9 Å². The monoisotopic (exact) mass is 406 g/mol. The summed E-state index contributed by atoms with van der Waals surface area (Å²) in [6.45, 7) is 4.70. The van der Waals surface area contributed by atoms with E-state index in [0.717, 1.165) is 16.3 Å². The normalized spacial score (nSPS) is 19.9. The van der Waals surface area contributed by atoms with Crippen LogP contribution in [-0.4, -0.2) is 49.8 Å². The van der Waals surface area contributed by atoms with Crippen LogP contribution < -0.4 is 14.7 Å². The molecule has 8 nitrogen and oxygen atoms in total. The van der Waals surface area contributed by atoms with Crippen LogP contribution in [0, 0.1) is 15.9 Å². The van der Waals surface area contributed by atoms with E-state index < -0.39 is 11.0 Å². The van der Waals surface area contributed by atoms with Crippen LogP contribution >= 0.6 is 11.3 Å². The van der Waals surface area contributed by atoms with Crippen molar-refractivity contribution >= 4 is 38.8 Å². The first-order valence-electron chi connectivity index (χ1n) is 8.94. The number of halogens is 1. The highest BCUT2D eigenvalue weighted by Crippen LogP contribution is 2.33. The molecule has 1 aromatic carbocycles. The van der Waals surface area contributed by atoms with Gasteiger partial charge in [-0.15, -0.1) is 0 Å². The zero-order valence-electron chi connectivity index (χ0n) is 15.2. The first kappa shape index (κ1) is 18.5. The number of thiophene rings is 1. The van der Waals surface area contributed by atoms with E-state index in [-0.39, 0.29) is 16.9 Å². The first-order chi connectivity index (χ1) is 13.4. The predicted octanol–water partition coefficient (Wildman–Crippen LogP) is 3.47. The Morgan fingerprint density at radius 3 is 2.46 bits per heavy atom. The molecule has 28 heavy (non-hydrogen) atoms. The van der Waals surface area contributed by atoms with Crippen LogP contribution in [0.5, 0.6) is 0 Å². The SMILES string of the molecule is C[C@@H]1CN(c2ccc(N3CCN(c4ccc([N+](=O)[O-])s4)CC3)c(F)c2)C(=O)O1. The number of benzene rings is 1. The van der Waals surface area contributed by atoms with Crippen LogP contribution in [0.1, 0.15) is 6.92 Å². The Bertz CT molecular complexity index is 913. The molecule has 10 heteroatoms. The molecule has 0 radical (unpaired) electrons. The molecule has 1 aromatic heterocycles. The molecule has 4 rings (SSSR count). The summed E-state index contributed by atoms with van der Waals surface area (Å²) >= 11 is 1.15. The molecule has 2 aliphatic rings. The largest absolute Gasteiger partial charge is 0.444 e. The number of nitrogens with zero attached hydrogens (tertiary/aromatic N) is 4. The highest BCUT2D eigenvalue weighted by molar-refractivity contribution is 7.19. The average Bonchev–Trinajstić information content (AvgIpc) is 3.28.